The molecule has 0 radical (unpaired) electrons. The van der Waals surface area contributed by atoms with Gasteiger partial charge in [0.1, 0.15) is 17.5 Å². The average Bonchev–Trinajstić information content (AvgIpc) is 3.32. The largest absolute Gasteiger partial charge is 0.480 e. The molecule has 2 aliphatic rings. The fourth-order valence-electron chi connectivity index (χ4n) is 4.00. The molecule has 6 nitrogen and oxygen atoms in total. The third-order valence-corrected chi connectivity index (χ3v) is 5.26. The van der Waals surface area contributed by atoms with Gasteiger partial charge in [-0.1, -0.05) is 6.07 Å². The van der Waals surface area contributed by atoms with E-state index in [-0.39, 0.29) is 11.6 Å². The number of carbonyl (C=O) groups is 2. The second-order valence-corrected chi connectivity index (χ2v) is 6.99. The second kappa shape index (κ2) is 6.23. The molecule has 1 aromatic heterocycles. The zero-order chi connectivity index (χ0) is 18.4. The van der Waals surface area contributed by atoms with Crippen molar-refractivity contribution in [3.8, 4) is 5.69 Å². The van der Waals surface area contributed by atoms with Gasteiger partial charge in [-0.3, -0.25) is 4.79 Å². The normalized spacial score (nSPS) is 19.0. The first-order valence-corrected chi connectivity index (χ1v) is 8.88. The molecule has 136 valence electrons. The van der Waals surface area contributed by atoms with Gasteiger partial charge < -0.3 is 10.0 Å². The van der Waals surface area contributed by atoms with Crippen LogP contribution in [-0.2, 0) is 17.6 Å². The number of aliphatic carboxylic acids is 1. The fraction of sp³-hybridized carbons (Fsp3) is 0.421. The molecule has 1 saturated heterocycles. The van der Waals surface area contributed by atoms with E-state index < -0.39 is 17.8 Å². The standard InChI is InChI=1S/C19H20FN3O3/c1-11-7-8-13(20)16(10-11)23-14-5-2-4-12(14)17(21-23)18(24)22-9-3-6-15(22)19(25)26/h7-8,10,15H,2-6,9H2,1H3,(H,25,26)/t15-/m1/s1. The minimum absolute atomic E-state index is 0.270. The first-order valence-electron chi connectivity index (χ1n) is 8.88. The Bertz CT molecular complexity index is 906. The van der Waals surface area contributed by atoms with Crippen LogP contribution in [0.3, 0.4) is 0 Å². The fourth-order valence-corrected chi connectivity index (χ4v) is 4.00. The van der Waals surface area contributed by atoms with Crippen molar-refractivity contribution >= 4 is 11.9 Å². The van der Waals surface area contributed by atoms with Crippen LogP contribution in [0.1, 0.15) is 46.6 Å². The molecule has 0 bridgehead atoms. The topological polar surface area (TPSA) is 75.4 Å². The molecule has 26 heavy (non-hydrogen) atoms. The summed E-state index contributed by atoms with van der Waals surface area (Å²) < 4.78 is 15.9. The molecule has 0 saturated carbocycles. The maximum absolute atomic E-state index is 14.4. The molecule has 0 unspecified atom stereocenters. The number of fused-ring (bicyclic) bond motifs is 1. The highest BCUT2D eigenvalue weighted by Gasteiger charge is 2.38. The lowest BCUT2D eigenvalue weighted by Crippen LogP contribution is -2.40. The number of likely N-dealkylation sites (tertiary alicyclic amines) is 1. The van der Waals surface area contributed by atoms with Gasteiger partial charge in [-0.15, -0.1) is 0 Å². The van der Waals surface area contributed by atoms with Crippen LogP contribution < -0.4 is 0 Å². The molecule has 4 rings (SSSR count). The molecule has 1 aliphatic carbocycles. The quantitative estimate of drug-likeness (QED) is 0.916. The van der Waals surface area contributed by atoms with Gasteiger partial charge in [0.15, 0.2) is 5.69 Å². The van der Waals surface area contributed by atoms with Gasteiger partial charge in [-0.2, -0.15) is 5.10 Å². The molecule has 1 fully saturated rings. The van der Waals surface area contributed by atoms with Gasteiger partial charge in [0, 0.05) is 17.8 Å². The highest BCUT2D eigenvalue weighted by Crippen LogP contribution is 2.31. The first kappa shape index (κ1) is 16.8. The van der Waals surface area contributed by atoms with Gasteiger partial charge in [0.05, 0.1) is 0 Å². The SMILES string of the molecule is Cc1ccc(F)c(-n2nc(C(=O)N3CCC[C@@H]3C(=O)O)c3c2CCC3)c1. The summed E-state index contributed by atoms with van der Waals surface area (Å²) in [7, 11) is 0. The van der Waals surface area contributed by atoms with Crippen LogP contribution in [-0.4, -0.2) is 44.3 Å². The molecule has 1 amide bonds. The van der Waals surface area contributed by atoms with Crippen LogP contribution in [0.15, 0.2) is 18.2 Å². The van der Waals surface area contributed by atoms with Crippen LogP contribution >= 0.6 is 0 Å². The van der Waals surface area contributed by atoms with Crippen LogP contribution in [0, 0.1) is 12.7 Å². The molecule has 1 aliphatic heterocycles. The maximum atomic E-state index is 14.4. The van der Waals surface area contributed by atoms with E-state index in [1.807, 2.05) is 6.92 Å². The van der Waals surface area contributed by atoms with Gasteiger partial charge >= 0.3 is 5.97 Å². The monoisotopic (exact) mass is 357 g/mol. The third-order valence-electron chi connectivity index (χ3n) is 5.26. The summed E-state index contributed by atoms with van der Waals surface area (Å²) in [4.78, 5) is 25.8. The predicted octanol–water partition coefficient (Wildman–Crippen LogP) is 2.50. The molecule has 7 heteroatoms. The summed E-state index contributed by atoms with van der Waals surface area (Å²) >= 11 is 0. The summed E-state index contributed by atoms with van der Waals surface area (Å²) in [5.74, 6) is -1.74. The number of nitrogens with zero attached hydrogens (tertiary/aromatic N) is 3. The van der Waals surface area contributed by atoms with Crippen molar-refractivity contribution in [2.75, 3.05) is 6.54 Å². The van der Waals surface area contributed by atoms with E-state index >= 15 is 0 Å². The molecule has 2 heterocycles. The lowest BCUT2D eigenvalue weighted by atomic mass is 10.1. The number of aromatic nitrogens is 2. The lowest BCUT2D eigenvalue weighted by Gasteiger charge is -2.20. The zero-order valence-corrected chi connectivity index (χ0v) is 14.5. The van der Waals surface area contributed by atoms with E-state index in [9.17, 15) is 19.1 Å². The summed E-state index contributed by atoms with van der Waals surface area (Å²) in [6, 6.07) is 4.00. The summed E-state index contributed by atoms with van der Waals surface area (Å²) in [5, 5.41) is 13.8. The van der Waals surface area contributed by atoms with Gasteiger partial charge in [-0.05, 0) is 56.7 Å². The molecular formula is C19H20FN3O3. The Hall–Kier alpha value is -2.70. The minimum atomic E-state index is -0.989. The Kier molecular flexibility index (Phi) is 4.01. The highest BCUT2D eigenvalue weighted by atomic mass is 19.1. The zero-order valence-electron chi connectivity index (χ0n) is 14.5. The number of rotatable bonds is 3. The number of halogens is 1. The number of amides is 1. The van der Waals surface area contributed by atoms with Crippen molar-refractivity contribution in [1.82, 2.24) is 14.7 Å². The molecule has 0 spiro atoms. The average molecular weight is 357 g/mol. The van der Waals surface area contributed by atoms with Crippen molar-refractivity contribution in [3.05, 3.63) is 46.5 Å². The van der Waals surface area contributed by atoms with Crippen LogP contribution in [0.5, 0.6) is 0 Å². The van der Waals surface area contributed by atoms with E-state index in [4.69, 9.17) is 0 Å². The Morgan fingerprint density at radius 2 is 2.08 bits per heavy atom. The van der Waals surface area contributed by atoms with E-state index in [0.717, 1.165) is 29.7 Å². The minimum Gasteiger partial charge on any atom is -0.480 e. The second-order valence-electron chi connectivity index (χ2n) is 6.99. The lowest BCUT2D eigenvalue weighted by molar-refractivity contribution is -0.141. The predicted molar refractivity (Wildman–Crippen MR) is 92.0 cm³/mol. The Morgan fingerprint density at radius 3 is 2.85 bits per heavy atom. The Labute approximate surface area is 150 Å². The Balaban J connectivity index is 1.78. The van der Waals surface area contributed by atoms with Gasteiger partial charge in [-0.25, -0.2) is 13.9 Å². The smallest absolute Gasteiger partial charge is 0.326 e. The Morgan fingerprint density at radius 1 is 1.27 bits per heavy atom. The summed E-state index contributed by atoms with van der Waals surface area (Å²) in [6.07, 6.45) is 3.43. The summed E-state index contributed by atoms with van der Waals surface area (Å²) in [6.45, 7) is 2.29. The van der Waals surface area contributed by atoms with E-state index in [0.29, 0.717) is 31.5 Å². The van der Waals surface area contributed by atoms with E-state index in [2.05, 4.69) is 5.10 Å². The molecule has 1 atom stereocenters. The van der Waals surface area contributed by atoms with E-state index in [1.54, 1.807) is 12.1 Å². The van der Waals surface area contributed by atoms with Crippen molar-refractivity contribution in [1.29, 1.82) is 0 Å². The number of carboxylic acids is 1. The van der Waals surface area contributed by atoms with Gasteiger partial charge in [0.2, 0.25) is 0 Å². The third kappa shape index (κ3) is 2.58. The molecule has 1 aromatic carbocycles. The molecule has 1 N–H and O–H groups in total. The first-order chi connectivity index (χ1) is 12.5. The van der Waals surface area contributed by atoms with Crippen molar-refractivity contribution in [2.45, 2.75) is 45.1 Å². The van der Waals surface area contributed by atoms with Crippen LogP contribution in [0.4, 0.5) is 4.39 Å². The highest BCUT2D eigenvalue weighted by molar-refractivity contribution is 5.97. The number of hydrogen-bond donors (Lipinski definition) is 1. The van der Waals surface area contributed by atoms with Crippen molar-refractivity contribution in [3.63, 3.8) is 0 Å². The van der Waals surface area contributed by atoms with Crippen LogP contribution in [0.25, 0.3) is 5.69 Å². The van der Waals surface area contributed by atoms with Gasteiger partial charge in [0.25, 0.3) is 5.91 Å². The van der Waals surface area contributed by atoms with Crippen molar-refractivity contribution in [2.24, 2.45) is 0 Å². The number of aryl methyl sites for hydroxylation is 1. The summed E-state index contributed by atoms with van der Waals surface area (Å²) in [5.41, 5.74) is 3.18. The van der Waals surface area contributed by atoms with Crippen LogP contribution in [0.2, 0.25) is 0 Å². The number of carbonyl (C=O) groups excluding carboxylic acids is 1. The number of benzene rings is 1. The molecular weight excluding hydrogens is 337 g/mol. The number of carboxylic acid groups (broad SMARTS) is 1. The van der Waals surface area contributed by atoms with E-state index in [1.165, 1.54) is 15.6 Å². The maximum Gasteiger partial charge on any atom is 0.326 e. The molecule has 2 aromatic rings. The van der Waals surface area contributed by atoms with Crippen molar-refractivity contribution < 1.29 is 19.1 Å². The number of hydrogen-bond acceptors (Lipinski definition) is 3.